The number of fused-ring (bicyclic) bond motifs is 3. The van der Waals surface area contributed by atoms with E-state index in [0.29, 0.717) is 12.2 Å². The Morgan fingerprint density at radius 1 is 1.09 bits per heavy atom. The minimum Gasteiger partial charge on any atom is -0.479 e. The van der Waals surface area contributed by atoms with E-state index in [4.69, 9.17) is 9.84 Å². The number of carbonyl (C=O) groups excluding carboxylic acids is 2. The van der Waals surface area contributed by atoms with Crippen LogP contribution in [0, 0.1) is 0 Å². The molecule has 3 rings (SSSR count). The lowest BCUT2D eigenvalue weighted by Crippen LogP contribution is -2.52. The van der Waals surface area contributed by atoms with Gasteiger partial charge in [-0.15, -0.1) is 0 Å². The molecule has 1 aliphatic rings. The van der Waals surface area contributed by atoms with Crippen molar-refractivity contribution in [1.82, 2.24) is 10.6 Å². The molecule has 0 aliphatic heterocycles. The molecule has 0 saturated heterocycles. The summed E-state index contributed by atoms with van der Waals surface area (Å²) in [5, 5.41) is 23.8. The average Bonchev–Trinajstić information content (AvgIpc) is 3.12. The topological polar surface area (TPSA) is 125 Å². The molecule has 2 aromatic rings. The number of carboxylic acid groups (broad SMARTS) is 1. The molecule has 1 unspecified atom stereocenters. The first-order valence-electron chi connectivity index (χ1n) is 10.6. The first-order valence-corrected chi connectivity index (χ1v) is 12.0. The smallest absolute Gasteiger partial charge is 0.407 e. The number of thioether (sulfide) groups is 1. The number of aliphatic hydroxyl groups is 1. The van der Waals surface area contributed by atoms with Gasteiger partial charge in [0, 0.05) is 5.92 Å². The van der Waals surface area contributed by atoms with Gasteiger partial charge in [-0.1, -0.05) is 48.5 Å². The monoisotopic (exact) mass is 472 g/mol. The van der Waals surface area contributed by atoms with Crippen LogP contribution >= 0.6 is 11.8 Å². The second-order valence-electron chi connectivity index (χ2n) is 8.10. The van der Waals surface area contributed by atoms with Crippen molar-refractivity contribution in [3.05, 3.63) is 59.7 Å². The molecule has 1 aliphatic carbocycles. The zero-order chi connectivity index (χ0) is 24.0. The highest BCUT2D eigenvalue weighted by atomic mass is 32.2. The Kier molecular flexibility index (Phi) is 7.99. The van der Waals surface area contributed by atoms with Crippen LogP contribution in [0.25, 0.3) is 11.1 Å². The average molecular weight is 473 g/mol. The van der Waals surface area contributed by atoms with E-state index in [9.17, 15) is 19.5 Å². The number of ether oxygens (including phenoxy) is 1. The van der Waals surface area contributed by atoms with Crippen molar-refractivity contribution in [2.75, 3.05) is 25.2 Å². The highest BCUT2D eigenvalue weighted by Crippen LogP contribution is 2.44. The van der Waals surface area contributed by atoms with Gasteiger partial charge in [-0.2, -0.15) is 11.8 Å². The van der Waals surface area contributed by atoms with Crippen LogP contribution in [0.5, 0.6) is 0 Å². The van der Waals surface area contributed by atoms with Gasteiger partial charge >= 0.3 is 12.1 Å². The standard InChI is InChI=1S/C24H28N2O6S/c1-24(31,22(28)29)14-25-21(27)20(11-12-33-2)26-23(30)32-13-19-17-9-5-3-7-15(17)16-8-4-6-10-18(16)19/h3-10,19-20,31H,11-14H2,1-2H3,(H,25,27)(H,26,30)(H,28,29)/t20-,24?/m1/s1. The van der Waals surface area contributed by atoms with Gasteiger partial charge in [0.2, 0.25) is 5.91 Å². The molecule has 176 valence electrons. The van der Waals surface area contributed by atoms with E-state index in [1.165, 1.54) is 11.8 Å². The van der Waals surface area contributed by atoms with Crippen LogP contribution in [0.15, 0.2) is 48.5 Å². The minimum absolute atomic E-state index is 0.104. The van der Waals surface area contributed by atoms with Gasteiger partial charge in [0.1, 0.15) is 12.6 Å². The predicted molar refractivity (Wildman–Crippen MR) is 126 cm³/mol. The quantitative estimate of drug-likeness (QED) is 0.419. The summed E-state index contributed by atoms with van der Waals surface area (Å²) in [4.78, 5) is 36.1. The van der Waals surface area contributed by atoms with E-state index in [1.54, 1.807) is 0 Å². The van der Waals surface area contributed by atoms with Gasteiger partial charge in [0.25, 0.3) is 0 Å². The normalized spacial score (nSPS) is 15.0. The molecular formula is C24H28N2O6S. The molecule has 33 heavy (non-hydrogen) atoms. The number of amides is 2. The number of nitrogens with one attached hydrogen (secondary N) is 2. The lowest BCUT2D eigenvalue weighted by molar-refractivity contribution is -0.156. The number of carbonyl (C=O) groups is 3. The van der Waals surface area contributed by atoms with Crippen LogP contribution in [0.1, 0.15) is 30.4 Å². The molecule has 2 aromatic carbocycles. The number of benzene rings is 2. The Bertz CT molecular complexity index is 980. The number of hydrogen-bond acceptors (Lipinski definition) is 6. The third-order valence-electron chi connectivity index (χ3n) is 5.63. The summed E-state index contributed by atoms with van der Waals surface area (Å²) in [7, 11) is 0. The Morgan fingerprint density at radius 2 is 1.67 bits per heavy atom. The van der Waals surface area contributed by atoms with Crippen LogP contribution < -0.4 is 10.6 Å². The van der Waals surface area contributed by atoms with Gasteiger partial charge in [-0.25, -0.2) is 9.59 Å². The molecular weight excluding hydrogens is 444 g/mol. The fourth-order valence-electron chi connectivity index (χ4n) is 3.74. The maximum atomic E-state index is 12.5. The summed E-state index contributed by atoms with van der Waals surface area (Å²) in [6.45, 7) is 0.721. The van der Waals surface area contributed by atoms with Crippen molar-refractivity contribution in [2.24, 2.45) is 0 Å². The molecule has 9 heteroatoms. The van der Waals surface area contributed by atoms with E-state index in [-0.39, 0.29) is 12.5 Å². The van der Waals surface area contributed by atoms with Gasteiger partial charge in [-0.3, -0.25) is 4.79 Å². The SMILES string of the molecule is CSCC[C@@H](NC(=O)OCC1c2ccccc2-c2ccccc21)C(=O)NCC(C)(O)C(=O)O. The number of carboxylic acids is 1. The summed E-state index contributed by atoms with van der Waals surface area (Å²) < 4.78 is 5.50. The zero-order valence-electron chi connectivity index (χ0n) is 18.5. The minimum atomic E-state index is -2.11. The van der Waals surface area contributed by atoms with E-state index in [0.717, 1.165) is 29.2 Å². The molecule has 0 bridgehead atoms. The summed E-state index contributed by atoms with van der Waals surface area (Å²) in [6, 6.07) is 15.1. The van der Waals surface area contributed by atoms with Crippen LogP contribution in [-0.4, -0.2) is 65.0 Å². The summed E-state index contributed by atoms with van der Waals surface area (Å²) in [5.74, 6) is -1.55. The van der Waals surface area contributed by atoms with Crippen molar-refractivity contribution in [2.45, 2.75) is 30.9 Å². The molecule has 0 saturated carbocycles. The summed E-state index contributed by atoms with van der Waals surface area (Å²) >= 11 is 1.51. The van der Waals surface area contributed by atoms with E-state index in [2.05, 4.69) is 10.6 Å². The third-order valence-corrected chi connectivity index (χ3v) is 6.27. The van der Waals surface area contributed by atoms with Crippen molar-refractivity contribution in [3.8, 4) is 11.1 Å². The molecule has 0 heterocycles. The van der Waals surface area contributed by atoms with Crippen LogP contribution in [0.2, 0.25) is 0 Å². The molecule has 0 fully saturated rings. The van der Waals surface area contributed by atoms with Crippen molar-refractivity contribution in [3.63, 3.8) is 0 Å². The number of aliphatic carboxylic acids is 1. The van der Waals surface area contributed by atoms with Gasteiger partial charge in [0.15, 0.2) is 5.60 Å². The maximum Gasteiger partial charge on any atom is 0.407 e. The Labute approximate surface area is 196 Å². The molecule has 4 N–H and O–H groups in total. The Morgan fingerprint density at radius 3 is 2.21 bits per heavy atom. The second kappa shape index (κ2) is 10.7. The second-order valence-corrected chi connectivity index (χ2v) is 9.09. The highest BCUT2D eigenvalue weighted by molar-refractivity contribution is 7.98. The van der Waals surface area contributed by atoms with E-state index in [1.807, 2.05) is 54.8 Å². The highest BCUT2D eigenvalue weighted by Gasteiger charge is 2.32. The van der Waals surface area contributed by atoms with Gasteiger partial charge < -0.3 is 25.6 Å². The Hall–Kier alpha value is -3.04. The van der Waals surface area contributed by atoms with Crippen LogP contribution in [-0.2, 0) is 14.3 Å². The molecule has 0 spiro atoms. The maximum absolute atomic E-state index is 12.5. The third kappa shape index (κ3) is 5.85. The van der Waals surface area contributed by atoms with Crippen LogP contribution in [0.3, 0.4) is 0 Å². The summed E-state index contributed by atoms with van der Waals surface area (Å²) in [5.41, 5.74) is 2.29. The van der Waals surface area contributed by atoms with Crippen LogP contribution in [0.4, 0.5) is 4.79 Å². The fraction of sp³-hybridized carbons (Fsp3) is 0.375. The largest absolute Gasteiger partial charge is 0.479 e. The van der Waals surface area contributed by atoms with Crippen molar-refractivity contribution in [1.29, 1.82) is 0 Å². The summed E-state index contributed by atoms with van der Waals surface area (Å²) in [6.07, 6.45) is 1.47. The van der Waals surface area contributed by atoms with Gasteiger partial charge in [-0.05, 0) is 47.6 Å². The van der Waals surface area contributed by atoms with E-state index >= 15 is 0 Å². The first-order chi connectivity index (χ1) is 15.7. The molecule has 0 radical (unpaired) electrons. The Balaban J connectivity index is 1.63. The first kappa shape index (κ1) is 24.6. The fourth-order valence-corrected chi connectivity index (χ4v) is 4.22. The lowest BCUT2D eigenvalue weighted by atomic mass is 9.98. The number of alkyl carbamates (subject to hydrolysis) is 1. The predicted octanol–water partition coefficient (Wildman–Crippen LogP) is 2.60. The molecule has 8 nitrogen and oxygen atoms in total. The number of hydrogen-bond donors (Lipinski definition) is 4. The molecule has 2 amide bonds. The van der Waals surface area contributed by atoms with Crippen molar-refractivity contribution < 1.29 is 29.3 Å². The van der Waals surface area contributed by atoms with E-state index < -0.39 is 36.2 Å². The van der Waals surface area contributed by atoms with Gasteiger partial charge in [0.05, 0.1) is 6.54 Å². The lowest BCUT2D eigenvalue weighted by Gasteiger charge is -2.22. The number of rotatable bonds is 10. The molecule has 2 atom stereocenters. The zero-order valence-corrected chi connectivity index (χ0v) is 19.4. The van der Waals surface area contributed by atoms with Crippen molar-refractivity contribution >= 4 is 29.7 Å². The molecule has 0 aromatic heterocycles.